The van der Waals surface area contributed by atoms with Crippen LogP contribution in [0.1, 0.15) is 17.7 Å². The molecule has 0 aliphatic heterocycles. The zero-order chi connectivity index (χ0) is 8.55. The van der Waals surface area contributed by atoms with E-state index in [0.29, 0.717) is 0 Å². The van der Waals surface area contributed by atoms with Crippen molar-refractivity contribution in [3.8, 4) is 0 Å². The Morgan fingerprint density at radius 1 is 1.58 bits per heavy atom. The lowest BCUT2D eigenvalue weighted by Crippen LogP contribution is -2.19. The number of thiophene rings is 1. The molecule has 0 amide bonds. The van der Waals surface area contributed by atoms with Crippen LogP contribution in [0, 0.1) is 0 Å². The monoisotopic (exact) mass is 245 g/mol. The van der Waals surface area contributed by atoms with E-state index in [0.717, 1.165) is 12.6 Å². The zero-order valence-electron chi connectivity index (χ0n) is 7.09. The van der Waals surface area contributed by atoms with Gasteiger partial charge >= 0.3 is 0 Å². The molecule has 12 heavy (non-hydrogen) atoms. The third-order valence-electron chi connectivity index (χ3n) is 2.20. The van der Waals surface area contributed by atoms with E-state index in [1.807, 2.05) is 11.3 Å². The van der Waals surface area contributed by atoms with E-state index in [1.165, 1.54) is 21.5 Å². The molecule has 0 N–H and O–H groups in total. The number of hydrogen-bond acceptors (Lipinski definition) is 2. The van der Waals surface area contributed by atoms with E-state index in [4.69, 9.17) is 0 Å². The highest BCUT2D eigenvalue weighted by atomic mass is 79.9. The molecule has 1 saturated carbocycles. The fourth-order valence-corrected chi connectivity index (χ4v) is 2.87. The van der Waals surface area contributed by atoms with E-state index in [1.54, 1.807) is 0 Å². The summed E-state index contributed by atoms with van der Waals surface area (Å²) in [5, 5.41) is 0. The molecule has 1 nitrogen and oxygen atoms in total. The third kappa shape index (κ3) is 2.09. The summed E-state index contributed by atoms with van der Waals surface area (Å²) in [7, 11) is 2.21. The Balaban J connectivity index is 1.93. The second-order valence-electron chi connectivity index (χ2n) is 3.35. The first-order chi connectivity index (χ1) is 5.75. The van der Waals surface area contributed by atoms with Crippen molar-refractivity contribution in [2.75, 3.05) is 7.05 Å². The number of nitrogens with zero attached hydrogens (tertiary/aromatic N) is 1. The van der Waals surface area contributed by atoms with Gasteiger partial charge in [0.15, 0.2) is 0 Å². The van der Waals surface area contributed by atoms with Gasteiger partial charge in [0.05, 0.1) is 3.79 Å². The highest BCUT2D eigenvalue weighted by Crippen LogP contribution is 2.29. The minimum absolute atomic E-state index is 0.867. The van der Waals surface area contributed by atoms with E-state index >= 15 is 0 Å². The van der Waals surface area contributed by atoms with Crippen LogP contribution in [0.15, 0.2) is 15.9 Å². The SMILES string of the molecule is CN(Cc1ccc(Br)s1)C1CC1. The Morgan fingerprint density at radius 3 is 2.83 bits per heavy atom. The molecule has 0 bridgehead atoms. The molecular weight excluding hydrogens is 234 g/mol. The van der Waals surface area contributed by atoms with E-state index in [-0.39, 0.29) is 0 Å². The summed E-state index contributed by atoms with van der Waals surface area (Å²) in [5.74, 6) is 0. The molecule has 0 saturated heterocycles. The van der Waals surface area contributed by atoms with Gasteiger partial charge in [0.2, 0.25) is 0 Å². The minimum Gasteiger partial charge on any atom is -0.298 e. The van der Waals surface area contributed by atoms with E-state index in [2.05, 4.69) is 40.0 Å². The highest BCUT2D eigenvalue weighted by molar-refractivity contribution is 9.11. The smallest absolute Gasteiger partial charge is 0.0701 e. The van der Waals surface area contributed by atoms with Crippen molar-refractivity contribution in [1.82, 2.24) is 4.90 Å². The predicted molar refractivity (Wildman–Crippen MR) is 56.5 cm³/mol. The molecule has 2 rings (SSSR count). The number of halogens is 1. The van der Waals surface area contributed by atoms with E-state index in [9.17, 15) is 0 Å². The van der Waals surface area contributed by atoms with Crippen molar-refractivity contribution in [1.29, 1.82) is 0 Å². The molecule has 1 aromatic rings. The van der Waals surface area contributed by atoms with Crippen LogP contribution in [0.5, 0.6) is 0 Å². The van der Waals surface area contributed by atoms with Crippen LogP contribution in [0.2, 0.25) is 0 Å². The van der Waals surface area contributed by atoms with Gasteiger partial charge in [-0.1, -0.05) is 0 Å². The normalized spacial score (nSPS) is 17.2. The molecule has 66 valence electrons. The maximum Gasteiger partial charge on any atom is 0.0701 e. The van der Waals surface area contributed by atoms with Crippen molar-refractivity contribution in [3.63, 3.8) is 0 Å². The van der Waals surface area contributed by atoms with Gasteiger partial charge < -0.3 is 0 Å². The first kappa shape index (κ1) is 8.73. The van der Waals surface area contributed by atoms with Gasteiger partial charge in [-0.25, -0.2) is 0 Å². The Bertz CT molecular complexity index is 267. The fourth-order valence-electron chi connectivity index (χ4n) is 1.33. The maximum atomic E-state index is 3.47. The summed E-state index contributed by atoms with van der Waals surface area (Å²) in [6.07, 6.45) is 2.78. The van der Waals surface area contributed by atoms with Crippen molar-refractivity contribution in [3.05, 3.63) is 20.8 Å². The molecule has 0 radical (unpaired) electrons. The van der Waals surface area contributed by atoms with Gasteiger partial charge in [0, 0.05) is 17.5 Å². The molecule has 0 atom stereocenters. The number of rotatable bonds is 3. The molecule has 1 aromatic heterocycles. The molecule has 0 unspecified atom stereocenters. The van der Waals surface area contributed by atoms with Crippen molar-refractivity contribution < 1.29 is 0 Å². The largest absolute Gasteiger partial charge is 0.298 e. The fraction of sp³-hybridized carbons (Fsp3) is 0.556. The van der Waals surface area contributed by atoms with Crippen LogP contribution in [0.3, 0.4) is 0 Å². The summed E-state index contributed by atoms with van der Waals surface area (Å²) in [4.78, 5) is 3.90. The second kappa shape index (κ2) is 3.48. The van der Waals surface area contributed by atoms with Crippen LogP contribution >= 0.6 is 27.3 Å². The highest BCUT2D eigenvalue weighted by Gasteiger charge is 2.25. The third-order valence-corrected chi connectivity index (χ3v) is 3.81. The predicted octanol–water partition coefficient (Wildman–Crippen LogP) is 3.10. The number of hydrogen-bond donors (Lipinski definition) is 0. The van der Waals surface area contributed by atoms with E-state index < -0.39 is 0 Å². The van der Waals surface area contributed by atoms with Crippen LogP contribution in [0.25, 0.3) is 0 Å². The van der Waals surface area contributed by atoms with Crippen molar-refractivity contribution in [2.24, 2.45) is 0 Å². The Labute approximate surface area is 85.5 Å². The average molecular weight is 246 g/mol. The Morgan fingerprint density at radius 2 is 2.33 bits per heavy atom. The Kier molecular flexibility index (Phi) is 2.53. The second-order valence-corrected chi connectivity index (χ2v) is 5.90. The summed E-state index contributed by atoms with van der Waals surface area (Å²) in [6.45, 7) is 1.11. The molecular formula is C9H12BrNS. The molecule has 1 fully saturated rings. The summed E-state index contributed by atoms with van der Waals surface area (Å²) >= 11 is 5.31. The van der Waals surface area contributed by atoms with Gasteiger partial charge in [-0.15, -0.1) is 11.3 Å². The van der Waals surface area contributed by atoms with Crippen LogP contribution in [-0.2, 0) is 6.54 Å². The van der Waals surface area contributed by atoms with Gasteiger partial charge in [-0.05, 0) is 48.0 Å². The Hall–Kier alpha value is 0.140. The zero-order valence-corrected chi connectivity index (χ0v) is 9.49. The first-order valence-corrected chi connectivity index (χ1v) is 5.81. The van der Waals surface area contributed by atoms with Gasteiger partial charge in [0.1, 0.15) is 0 Å². The molecule has 1 heterocycles. The lowest BCUT2D eigenvalue weighted by atomic mass is 10.4. The summed E-state index contributed by atoms with van der Waals surface area (Å²) in [6, 6.07) is 5.19. The molecule has 1 aliphatic rings. The van der Waals surface area contributed by atoms with Crippen LogP contribution < -0.4 is 0 Å². The van der Waals surface area contributed by atoms with Gasteiger partial charge in [0.25, 0.3) is 0 Å². The van der Waals surface area contributed by atoms with Gasteiger partial charge in [-0.2, -0.15) is 0 Å². The molecule has 3 heteroatoms. The molecule has 0 aromatic carbocycles. The van der Waals surface area contributed by atoms with Crippen molar-refractivity contribution in [2.45, 2.75) is 25.4 Å². The minimum atomic E-state index is 0.867. The average Bonchev–Trinajstić information content (AvgIpc) is 2.78. The summed E-state index contributed by atoms with van der Waals surface area (Å²) in [5.41, 5.74) is 0. The first-order valence-electron chi connectivity index (χ1n) is 4.20. The quantitative estimate of drug-likeness (QED) is 0.792. The van der Waals surface area contributed by atoms with Crippen molar-refractivity contribution >= 4 is 27.3 Å². The van der Waals surface area contributed by atoms with Crippen LogP contribution in [-0.4, -0.2) is 18.0 Å². The topological polar surface area (TPSA) is 3.24 Å². The molecule has 1 aliphatic carbocycles. The lowest BCUT2D eigenvalue weighted by molar-refractivity contribution is 0.319. The van der Waals surface area contributed by atoms with Crippen LogP contribution in [0.4, 0.5) is 0 Å². The molecule has 0 spiro atoms. The lowest BCUT2D eigenvalue weighted by Gasteiger charge is -2.13. The standard InChI is InChI=1S/C9H12BrNS/c1-11(7-2-3-7)6-8-4-5-9(10)12-8/h4-5,7H,2-3,6H2,1H3. The van der Waals surface area contributed by atoms with Gasteiger partial charge in [-0.3, -0.25) is 4.90 Å². The maximum absolute atomic E-state index is 3.47. The summed E-state index contributed by atoms with van der Waals surface area (Å²) < 4.78 is 1.24.